The Hall–Kier alpha value is -2.02. The van der Waals surface area contributed by atoms with Gasteiger partial charge in [0.2, 0.25) is 0 Å². The van der Waals surface area contributed by atoms with E-state index < -0.39 is 0 Å². The maximum atomic E-state index is 12.7. The van der Waals surface area contributed by atoms with Gasteiger partial charge in [0.1, 0.15) is 17.2 Å². The van der Waals surface area contributed by atoms with Crippen LogP contribution in [0.25, 0.3) is 10.6 Å². The van der Waals surface area contributed by atoms with E-state index in [0.29, 0.717) is 5.69 Å². The summed E-state index contributed by atoms with van der Waals surface area (Å²) >= 11 is 3.19. The average Bonchev–Trinajstić information content (AvgIpc) is 3.34. The van der Waals surface area contributed by atoms with Crippen molar-refractivity contribution in [1.29, 1.82) is 0 Å². The van der Waals surface area contributed by atoms with Crippen LogP contribution in [0.3, 0.4) is 0 Å². The van der Waals surface area contributed by atoms with Crippen molar-refractivity contribution in [3.8, 4) is 10.6 Å². The summed E-state index contributed by atoms with van der Waals surface area (Å²) in [6.07, 6.45) is 0. The monoisotopic (exact) mass is 370 g/mol. The van der Waals surface area contributed by atoms with Crippen LogP contribution in [-0.2, 0) is 6.54 Å². The summed E-state index contributed by atoms with van der Waals surface area (Å²) in [5, 5.41) is 6.92. The molecule has 1 aliphatic rings. The van der Waals surface area contributed by atoms with Gasteiger partial charge < -0.3 is 9.80 Å². The van der Waals surface area contributed by atoms with E-state index in [1.165, 1.54) is 10.5 Å². The number of quaternary nitrogens is 1. The summed E-state index contributed by atoms with van der Waals surface area (Å²) in [7, 11) is 0. The third-order valence-corrected chi connectivity index (χ3v) is 6.12. The molecule has 3 heterocycles. The molecule has 0 radical (unpaired) electrons. The molecule has 1 N–H and O–H groups in total. The number of carbonyl (C=O) groups is 1. The van der Waals surface area contributed by atoms with E-state index in [1.807, 2.05) is 27.8 Å². The number of nitrogens with zero attached hydrogens (tertiary/aromatic N) is 2. The van der Waals surface area contributed by atoms with Crippen LogP contribution in [0.2, 0.25) is 0 Å². The van der Waals surface area contributed by atoms with Crippen molar-refractivity contribution in [2.24, 2.45) is 0 Å². The molecule has 1 saturated heterocycles. The Morgan fingerprint density at radius 3 is 2.64 bits per heavy atom. The normalized spacial score (nSPS) is 15.4. The first-order valence-corrected chi connectivity index (χ1v) is 10.3. The van der Waals surface area contributed by atoms with Crippen molar-refractivity contribution >= 4 is 28.6 Å². The number of benzene rings is 1. The molecule has 0 aliphatic carbocycles. The Morgan fingerprint density at radius 1 is 1.12 bits per heavy atom. The summed E-state index contributed by atoms with van der Waals surface area (Å²) < 4.78 is 0. The second-order valence-corrected chi connectivity index (χ2v) is 7.89. The molecule has 0 saturated carbocycles. The lowest BCUT2D eigenvalue weighted by Gasteiger charge is -2.31. The first-order chi connectivity index (χ1) is 12.3. The fraction of sp³-hybridized carbons (Fsp3) is 0.263. The summed E-state index contributed by atoms with van der Waals surface area (Å²) in [5.41, 5.74) is 3.04. The zero-order valence-corrected chi connectivity index (χ0v) is 15.5. The number of nitrogens with one attached hydrogen (secondary N) is 1. The van der Waals surface area contributed by atoms with Gasteiger partial charge in [-0.1, -0.05) is 30.3 Å². The van der Waals surface area contributed by atoms with Crippen molar-refractivity contribution in [2.75, 3.05) is 26.2 Å². The molecule has 1 aromatic carbocycles. The minimum absolute atomic E-state index is 0.0662. The SMILES string of the molecule is O=C(c1csc(-c2ccsc2)n1)N1CC[NH+](Cc2ccccc2)CC1. The molecule has 1 fully saturated rings. The summed E-state index contributed by atoms with van der Waals surface area (Å²) in [6.45, 7) is 4.60. The number of carbonyl (C=O) groups excluding carboxylic acids is 1. The van der Waals surface area contributed by atoms with Gasteiger partial charge in [-0.15, -0.1) is 11.3 Å². The maximum absolute atomic E-state index is 12.7. The van der Waals surface area contributed by atoms with E-state index in [0.717, 1.165) is 43.3 Å². The van der Waals surface area contributed by atoms with Gasteiger partial charge in [-0.3, -0.25) is 4.79 Å². The highest BCUT2D eigenvalue weighted by Crippen LogP contribution is 2.26. The zero-order valence-electron chi connectivity index (χ0n) is 13.9. The molecule has 4 nitrogen and oxygen atoms in total. The van der Waals surface area contributed by atoms with Crippen LogP contribution in [0.15, 0.2) is 52.5 Å². The number of hydrogen-bond donors (Lipinski definition) is 1. The highest BCUT2D eigenvalue weighted by molar-refractivity contribution is 7.14. The van der Waals surface area contributed by atoms with Gasteiger partial charge in [-0.05, 0) is 11.4 Å². The number of amides is 1. The van der Waals surface area contributed by atoms with Crippen LogP contribution in [0.5, 0.6) is 0 Å². The standard InChI is InChI=1S/C19H19N3OS2/c23-19(17-14-25-18(20-17)16-6-11-24-13-16)22-9-7-21(8-10-22)12-15-4-2-1-3-5-15/h1-6,11,13-14H,7-10,12H2/p+1. The molecule has 6 heteroatoms. The van der Waals surface area contributed by atoms with Crippen LogP contribution in [-0.4, -0.2) is 42.0 Å². The van der Waals surface area contributed by atoms with E-state index in [4.69, 9.17) is 0 Å². The number of thiazole rings is 1. The van der Waals surface area contributed by atoms with Gasteiger partial charge in [-0.25, -0.2) is 4.98 Å². The Morgan fingerprint density at radius 2 is 1.92 bits per heavy atom. The quantitative estimate of drug-likeness (QED) is 0.766. The average molecular weight is 371 g/mol. The molecule has 0 bridgehead atoms. The van der Waals surface area contributed by atoms with E-state index in [9.17, 15) is 4.79 Å². The summed E-state index contributed by atoms with van der Waals surface area (Å²) in [6, 6.07) is 12.6. The smallest absolute Gasteiger partial charge is 0.273 e. The predicted molar refractivity (Wildman–Crippen MR) is 102 cm³/mol. The highest BCUT2D eigenvalue weighted by Gasteiger charge is 2.26. The van der Waals surface area contributed by atoms with Crippen LogP contribution in [0.1, 0.15) is 16.1 Å². The molecule has 25 heavy (non-hydrogen) atoms. The molecule has 4 rings (SSSR count). The molecule has 0 spiro atoms. The lowest BCUT2D eigenvalue weighted by Crippen LogP contribution is -3.13. The van der Waals surface area contributed by atoms with Crippen molar-refractivity contribution < 1.29 is 9.69 Å². The lowest BCUT2D eigenvalue weighted by molar-refractivity contribution is -0.917. The van der Waals surface area contributed by atoms with Gasteiger partial charge in [0.25, 0.3) is 5.91 Å². The van der Waals surface area contributed by atoms with Crippen LogP contribution < -0.4 is 4.90 Å². The van der Waals surface area contributed by atoms with E-state index in [1.54, 1.807) is 22.7 Å². The number of hydrogen-bond acceptors (Lipinski definition) is 4. The Kier molecular flexibility index (Phi) is 4.92. The van der Waals surface area contributed by atoms with Gasteiger partial charge >= 0.3 is 0 Å². The maximum Gasteiger partial charge on any atom is 0.273 e. The van der Waals surface area contributed by atoms with Crippen molar-refractivity contribution in [3.05, 3.63) is 63.8 Å². The minimum Gasteiger partial charge on any atom is -0.328 e. The second-order valence-electron chi connectivity index (χ2n) is 6.25. The molecule has 3 aromatic rings. The summed E-state index contributed by atoms with van der Waals surface area (Å²) in [4.78, 5) is 20.7. The highest BCUT2D eigenvalue weighted by atomic mass is 32.1. The molecule has 0 unspecified atom stereocenters. The number of piperazine rings is 1. The molecular formula is C19H20N3OS2+. The Bertz CT molecular complexity index is 821. The lowest BCUT2D eigenvalue weighted by atomic mass is 10.2. The third-order valence-electron chi connectivity index (χ3n) is 4.55. The first-order valence-electron chi connectivity index (χ1n) is 8.44. The molecule has 1 amide bonds. The molecular weight excluding hydrogens is 350 g/mol. The van der Waals surface area contributed by atoms with Gasteiger partial charge in [0.05, 0.1) is 26.2 Å². The van der Waals surface area contributed by atoms with Crippen molar-refractivity contribution in [3.63, 3.8) is 0 Å². The number of thiophene rings is 1. The van der Waals surface area contributed by atoms with Gasteiger partial charge in [0.15, 0.2) is 0 Å². The topological polar surface area (TPSA) is 37.6 Å². The number of rotatable bonds is 4. The van der Waals surface area contributed by atoms with Crippen LogP contribution in [0.4, 0.5) is 0 Å². The Balaban J connectivity index is 1.35. The van der Waals surface area contributed by atoms with E-state index in [-0.39, 0.29) is 5.91 Å². The van der Waals surface area contributed by atoms with Gasteiger partial charge in [-0.2, -0.15) is 11.3 Å². The largest absolute Gasteiger partial charge is 0.328 e. The van der Waals surface area contributed by atoms with Gasteiger partial charge in [0, 0.05) is 21.9 Å². The summed E-state index contributed by atoms with van der Waals surface area (Å²) in [5.74, 6) is 0.0662. The second kappa shape index (κ2) is 7.47. The molecule has 0 atom stereocenters. The molecule has 128 valence electrons. The minimum atomic E-state index is 0.0662. The van der Waals surface area contributed by atoms with Crippen LogP contribution in [0, 0.1) is 0 Å². The van der Waals surface area contributed by atoms with Crippen molar-refractivity contribution in [2.45, 2.75) is 6.54 Å². The fourth-order valence-electron chi connectivity index (χ4n) is 3.14. The van der Waals surface area contributed by atoms with Crippen molar-refractivity contribution in [1.82, 2.24) is 9.88 Å². The fourth-order valence-corrected chi connectivity index (χ4v) is 4.65. The predicted octanol–water partition coefficient (Wildman–Crippen LogP) is 2.41. The Labute approximate surface area is 155 Å². The van der Waals surface area contributed by atoms with Crippen LogP contribution >= 0.6 is 22.7 Å². The number of aromatic nitrogens is 1. The van der Waals surface area contributed by atoms with E-state index >= 15 is 0 Å². The zero-order chi connectivity index (χ0) is 17.1. The first kappa shape index (κ1) is 16.4. The van der Waals surface area contributed by atoms with E-state index in [2.05, 4.69) is 34.6 Å². The molecule has 2 aromatic heterocycles. The molecule has 1 aliphatic heterocycles. The third kappa shape index (κ3) is 3.81.